The van der Waals surface area contributed by atoms with Gasteiger partial charge in [0.25, 0.3) is 0 Å². The summed E-state index contributed by atoms with van der Waals surface area (Å²) < 4.78 is 5.41. The Hall–Kier alpha value is -1.81. The van der Waals surface area contributed by atoms with Crippen molar-refractivity contribution in [2.45, 2.75) is 20.3 Å². The fourth-order valence-corrected chi connectivity index (χ4v) is 2.06. The minimum atomic E-state index is 0.585. The largest absolute Gasteiger partial charge is 0.478 e. The molecule has 0 bridgehead atoms. The number of nitrogens with zero attached hydrogens (tertiary/aromatic N) is 2. The minimum absolute atomic E-state index is 0.585. The smallest absolute Gasteiger partial charge is 0.218 e. The van der Waals surface area contributed by atoms with Gasteiger partial charge < -0.3 is 10.1 Å². The number of ether oxygens (including phenoxy) is 1. The van der Waals surface area contributed by atoms with E-state index in [1.165, 1.54) is 5.56 Å². The zero-order valence-corrected chi connectivity index (χ0v) is 12.4. The Morgan fingerprint density at radius 3 is 2.60 bits per heavy atom. The predicted molar refractivity (Wildman–Crippen MR) is 82.1 cm³/mol. The van der Waals surface area contributed by atoms with E-state index in [1.54, 1.807) is 6.07 Å². The van der Waals surface area contributed by atoms with Crippen LogP contribution >= 0.6 is 11.6 Å². The summed E-state index contributed by atoms with van der Waals surface area (Å²) in [6.07, 6.45) is 0.878. The third-order valence-corrected chi connectivity index (χ3v) is 2.91. The summed E-state index contributed by atoms with van der Waals surface area (Å²) in [6, 6.07) is 9.94. The van der Waals surface area contributed by atoms with Crippen LogP contribution in [-0.4, -0.2) is 22.5 Å². The molecular weight excluding hydrogens is 274 g/mol. The maximum absolute atomic E-state index is 5.72. The lowest BCUT2D eigenvalue weighted by molar-refractivity contribution is 0.325. The Kier molecular flexibility index (Phi) is 5.18. The molecule has 0 aliphatic carbocycles. The van der Waals surface area contributed by atoms with Crippen molar-refractivity contribution in [1.29, 1.82) is 0 Å². The summed E-state index contributed by atoms with van der Waals surface area (Å²) in [5.41, 5.74) is 2.20. The number of nitrogens with one attached hydrogen (secondary N) is 1. The first kappa shape index (κ1) is 14.6. The van der Waals surface area contributed by atoms with Crippen LogP contribution in [0.2, 0.25) is 0 Å². The third-order valence-electron chi connectivity index (χ3n) is 2.72. The highest BCUT2D eigenvalue weighted by Crippen LogP contribution is 2.19. The van der Waals surface area contributed by atoms with Crippen molar-refractivity contribution in [2.24, 2.45) is 0 Å². The van der Waals surface area contributed by atoms with Gasteiger partial charge in [0.1, 0.15) is 11.6 Å². The van der Waals surface area contributed by atoms with Gasteiger partial charge in [-0.25, -0.2) is 4.98 Å². The fraction of sp³-hybridized carbons (Fsp3) is 0.333. The van der Waals surface area contributed by atoms with Gasteiger partial charge in [0.15, 0.2) is 0 Å². The molecule has 106 valence electrons. The summed E-state index contributed by atoms with van der Waals surface area (Å²) >= 11 is 5.72. The first-order chi connectivity index (χ1) is 9.71. The van der Waals surface area contributed by atoms with Gasteiger partial charge in [-0.15, -0.1) is 11.6 Å². The number of rotatable bonds is 6. The van der Waals surface area contributed by atoms with E-state index in [0.29, 0.717) is 24.2 Å². The Morgan fingerprint density at radius 2 is 1.95 bits per heavy atom. The van der Waals surface area contributed by atoms with E-state index >= 15 is 0 Å². The normalized spacial score (nSPS) is 10.3. The van der Waals surface area contributed by atoms with Crippen molar-refractivity contribution < 1.29 is 4.74 Å². The molecule has 0 radical (unpaired) electrons. The molecule has 0 aliphatic rings. The summed E-state index contributed by atoms with van der Waals surface area (Å²) in [5, 5.41) is 3.25. The Labute approximate surface area is 124 Å². The monoisotopic (exact) mass is 291 g/mol. The Bertz CT molecular complexity index is 558. The van der Waals surface area contributed by atoms with Crippen LogP contribution in [0.15, 0.2) is 30.3 Å². The van der Waals surface area contributed by atoms with Crippen LogP contribution in [0.4, 0.5) is 11.5 Å². The maximum atomic E-state index is 5.72. The zero-order valence-electron chi connectivity index (χ0n) is 11.7. The van der Waals surface area contributed by atoms with Crippen molar-refractivity contribution in [1.82, 2.24) is 9.97 Å². The van der Waals surface area contributed by atoms with E-state index in [-0.39, 0.29) is 0 Å². The van der Waals surface area contributed by atoms with Gasteiger partial charge in [-0.3, -0.25) is 0 Å². The average molecular weight is 292 g/mol. The number of benzene rings is 1. The molecule has 4 nitrogen and oxygen atoms in total. The molecule has 0 saturated carbocycles. The van der Waals surface area contributed by atoms with E-state index in [4.69, 9.17) is 16.3 Å². The predicted octanol–water partition coefficient (Wildman–Crippen LogP) is 3.71. The van der Waals surface area contributed by atoms with Gasteiger partial charge >= 0.3 is 0 Å². The number of hydrogen-bond donors (Lipinski definition) is 1. The van der Waals surface area contributed by atoms with E-state index in [0.717, 1.165) is 17.9 Å². The molecule has 2 aromatic rings. The summed E-state index contributed by atoms with van der Waals surface area (Å²) in [5.74, 6) is 2.62. The molecule has 5 heteroatoms. The third kappa shape index (κ3) is 4.10. The van der Waals surface area contributed by atoms with Gasteiger partial charge in [-0.2, -0.15) is 4.98 Å². The van der Waals surface area contributed by atoms with Gasteiger partial charge in [0.2, 0.25) is 5.88 Å². The van der Waals surface area contributed by atoms with Gasteiger partial charge in [-0.1, -0.05) is 12.1 Å². The van der Waals surface area contributed by atoms with Gasteiger partial charge in [0, 0.05) is 17.6 Å². The van der Waals surface area contributed by atoms with Crippen molar-refractivity contribution in [2.75, 3.05) is 17.8 Å². The highest BCUT2D eigenvalue weighted by atomic mass is 35.5. The number of alkyl halides is 1. The SMILES string of the molecule is CCOc1cc(Nc2ccc(CCCl)cc2)nc(C)n1. The second-order valence-corrected chi connectivity index (χ2v) is 4.71. The van der Waals surface area contributed by atoms with E-state index in [9.17, 15) is 0 Å². The van der Waals surface area contributed by atoms with E-state index in [1.807, 2.05) is 26.0 Å². The number of aryl methyl sites for hydroxylation is 2. The van der Waals surface area contributed by atoms with Crippen LogP contribution in [-0.2, 0) is 6.42 Å². The average Bonchev–Trinajstić information content (AvgIpc) is 2.41. The first-order valence-electron chi connectivity index (χ1n) is 6.61. The molecule has 0 atom stereocenters. The van der Waals surface area contributed by atoms with Crippen LogP contribution in [0.25, 0.3) is 0 Å². The van der Waals surface area contributed by atoms with Crippen molar-refractivity contribution in [3.63, 3.8) is 0 Å². The number of aromatic nitrogens is 2. The van der Waals surface area contributed by atoms with Crippen LogP contribution < -0.4 is 10.1 Å². The molecule has 0 fully saturated rings. The number of halogens is 1. The first-order valence-corrected chi connectivity index (χ1v) is 7.15. The number of anilines is 2. The molecule has 0 saturated heterocycles. The lowest BCUT2D eigenvalue weighted by Gasteiger charge is -2.09. The van der Waals surface area contributed by atoms with Crippen LogP contribution in [0, 0.1) is 6.92 Å². The fourth-order valence-electron chi connectivity index (χ4n) is 1.84. The minimum Gasteiger partial charge on any atom is -0.478 e. The Morgan fingerprint density at radius 1 is 1.20 bits per heavy atom. The molecule has 0 amide bonds. The topological polar surface area (TPSA) is 47.0 Å². The van der Waals surface area contributed by atoms with Crippen LogP contribution in [0.3, 0.4) is 0 Å². The summed E-state index contributed by atoms with van der Waals surface area (Å²) in [6.45, 7) is 4.36. The van der Waals surface area contributed by atoms with Crippen molar-refractivity contribution >= 4 is 23.1 Å². The molecule has 0 spiro atoms. The lowest BCUT2D eigenvalue weighted by atomic mass is 10.1. The zero-order chi connectivity index (χ0) is 14.4. The molecular formula is C15H18ClN3O. The van der Waals surface area contributed by atoms with Crippen molar-refractivity contribution in [3.05, 3.63) is 41.7 Å². The molecule has 20 heavy (non-hydrogen) atoms. The summed E-state index contributed by atoms with van der Waals surface area (Å²) in [7, 11) is 0. The second-order valence-electron chi connectivity index (χ2n) is 4.33. The van der Waals surface area contributed by atoms with E-state index in [2.05, 4.69) is 27.4 Å². The lowest BCUT2D eigenvalue weighted by Crippen LogP contribution is -2.01. The van der Waals surface area contributed by atoms with Crippen molar-refractivity contribution in [3.8, 4) is 5.88 Å². The standard InChI is InChI=1S/C15H18ClN3O/c1-3-20-15-10-14(17-11(2)18-15)19-13-6-4-12(5-7-13)8-9-16/h4-7,10H,3,8-9H2,1-2H3,(H,17,18,19). The molecule has 2 rings (SSSR count). The highest BCUT2D eigenvalue weighted by Gasteiger charge is 2.03. The van der Waals surface area contributed by atoms with Gasteiger partial charge in [0.05, 0.1) is 6.61 Å². The Balaban J connectivity index is 2.12. The van der Waals surface area contributed by atoms with Crippen LogP contribution in [0.1, 0.15) is 18.3 Å². The van der Waals surface area contributed by atoms with Crippen LogP contribution in [0.5, 0.6) is 5.88 Å². The number of hydrogen-bond acceptors (Lipinski definition) is 4. The molecule has 1 aromatic heterocycles. The quantitative estimate of drug-likeness (QED) is 0.824. The molecule has 0 aliphatic heterocycles. The molecule has 1 heterocycles. The molecule has 1 aromatic carbocycles. The molecule has 1 N–H and O–H groups in total. The second kappa shape index (κ2) is 7.10. The maximum Gasteiger partial charge on any atom is 0.218 e. The molecule has 0 unspecified atom stereocenters. The highest BCUT2D eigenvalue weighted by molar-refractivity contribution is 6.17. The van der Waals surface area contributed by atoms with Gasteiger partial charge in [-0.05, 0) is 38.0 Å². The summed E-state index contributed by atoms with van der Waals surface area (Å²) in [4.78, 5) is 8.56. The van der Waals surface area contributed by atoms with E-state index < -0.39 is 0 Å².